The number of rotatable bonds is 2. The second-order valence-electron chi connectivity index (χ2n) is 4.61. The van der Waals surface area contributed by atoms with Gasteiger partial charge in [0.1, 0.15) is 0 Å². The van der Waals surface area contributed by atoms with Crippen molar-refractivity contribution in [3.05, 3.63) is 78.6 Å². The molecular weight excluding hydrogens is 230 g/mol. The Labute approximate surface area is 113 Å². The van der Waals surface area contributed by atoms with E-state index >= 15 is 0 Å². The third-order valence-electron chi connectivity index (χ3n) is 3.28. The summed E-state index contributed by atoms with van der Waals surface area (Å²) in [6, 6.07) is 20.9. The van der Waals surface area contributed by atoms with E-state index in [1.807, 2.05) is 24.5 Å². The van der Waals surface area contributed by atoms with Crippen LogP contribution in [0.3, 0.4) is 0 Å². The second-order valence-corrected chi connectivity index (χ2v) is 4.61. The van der Waals surface area contributed by atoms with Crippen LogP contribution in [0, 0.1) is 6.92 Å². The Morgan fingerprint density at radius 1 is 0.684 bits per heavy atom. The zero-order chi connectivity index (χ0) is 13.1. The molecule has 2 aromatic carbocycles. The zero-order valence-electron chi connectivity index (χ0n) is 10.9. The van der Waals surface area contributed by atoms with Crippen molar-refractivity contribution in [3.63, 3.8) is 0 Å². The summed E-state index contributed by atoms with van der Waals surface area (Å²) in [6.07, 6.45) is 3.87. The van der Waals surface area contributed by atoms with E-state index in [-0.39, 0.29) is 0 Å². The molecule has 3 aromatic rings. The molecule has 0 radical (unpaired) electrons. The molecule has 0 aliphatic carbocycles. The summed E-state index contributed by atoms with van der Waals surface area (Å²) in [6.45, 7) is 2.11. The van der Waals surface area contributed by atoms with Crippen LogP contribution in [0.2, 0.25) is 0 Å². The average Bonchev–Trinajstić information content (AvgIpc) is 2.49. The smallest absolute Gasteiger partial charge is 0.0352 e. The van der Waals surface area contributed by atoms with Gasteiger partial charge >= 0.3 is 0 Å². The van der Waals surface area contributed by atoms with Crippen molar-refractivity contribution >= 4 is 0 Å². The number of hydrogen-bond acceptors (Lipinski definition) is 1. The van der Waals surface area contributed by atoms with E-state index in [0.29, 0.717) is 0 Å². The van der Waals surface area contributed by atoms with Crippen LogP contribution in [0.25, 0.3) is 22.3 Å². The molecule has 0 atom stereocenters. The lowest BCUT2D eigenvalue weighted by Crippen LogP contribution is -1.90. The lowest BCUT2D eigenvalue weighted by atomic mass is 9.93. The highest BCUT2D eigenvalue weighted by molar-refractivity contribution is 5.84. The Bertz CT molecular complexity index is 673. The maximum atomic E-state index is 4.35. The fraction of sp³-hybridized carbons (Fsp3) is 0.0556. The molecule has 0 amide bonds. The SMILES string of the molecule is Cc1cncc(-c2ccccc2)c1-c1ccccc1. The Balaban J connectivity index is 2.25. The Hall–Kier alpha value is -2.41. The van der Waals surface area contributed by atoms with Crippen molar-refractivity contribution in [2.45, 2.75) is 6.92 Å². The summed E-state index contributed by atoms with van der Waals surface area (Å²) < 4.78 is 0. The molecule has 0 saturated carbocycles. The topological polar surface area (TPSA) is 12.9 Å². The maximum absolute atomic E-state index is 4.35. The summed E-state index contributed by atoms with van der Waals surface area (Å²) in [5, 5.41) is 0. The number of pyridine rings is 1. The molecule has 0 aliphatic heterocycles. The van der Waals surface area contributed by atoms with Crippen molar-refractivity contribution in [3.8, 4) is 22.3 Å². The van der Waals surface area contributed by atoms with E-state index in [2.05, 4.69) is 60.4 Å². The van der Waals surface area contributed by atoms with E-state index in [1.54, 1.807) is 0 Å². The quantitative estimate of drug-likeness (QED) is 0.636. The molecule has 0 unspecified atom stereocenters. The van der Waals surface area contributed by atoms with Gasteiger partial charge in [0.05, 0.1) is 0 Å². The lowest BCUT2D eigenvalue weighted by Gasteiger charge is -2.12. The molecule has 1 nitrogen and oxygen atoms in total. The third-order valence-corrected chi connectivity index (χ3v) is 3.28. The van der Waals surface area contributed by atoms with E-state index in [1.165, 1.54) is 27.8 Å². The second kappa shape index (κ2) is 5.07. The van der Waals surface area contributed by atoms with Crippen LogP contribution in [-0.2, 0) is 0 Å². The molecule has 1 aromatic heterocycles. The Morgan fingerprint density at radius 2 is 1.26 bits per heavy atom. The van der Waals surface area contributed by atoms with Crippen LogP contribution in [0.1, 0.15) is 5.56 Å². The van der Waals surface area contributed by atoms with Crippen molar-refractivity contribution in [1.29, 1.82) is 0 Å². The van der Waals surface area contributed by atoms with Crippen LogP contribution >= 0.6 is 0 Å². The summed E-state index contributed by atoms with van der Waals surface area (Å²) in [5.74, 6) is 0. The summed E-state index contributed by atoms with van der Waals surface area (Å²) in [4.78, 5) is 4.35. The summed E-state index contributed by atoms with van der Waals surface area (Å²) in [7, 11) is 0. The molecular formula is C18H15N. The largest absolute Gasteiger partial charge is 0.264 e. The molecule has 0 saturated heterocycles. The van der Waals surface area contributed by atoms with Gasteiger partial charge < -0.3 is 0 Å². The maximum Gasteiger partial charge on any atom is 0.0352 e. The number of hydrogen-bond donors (Lipinski definition) is 0. The van der Waals surface area contributed by atoms with Gasteiger partial charge in [0, 0.05) is 18.0 Å². The van der Waals surface area contributed by atoms with Crippen molar-refractivity contribution < 1.29 is 0 Å². The molecule has 92 valence electrons. The van der Waals surface area contributed by atoms with Gasteiger partial charge in [-0.2, -0.15) is 0 Å². The highest BCUT2D eigenvalue weighted by Crippen LogP contribution is 2.33. The van der Waals surface area contributed by atoms with Gasteiger partial charge in [0.25, 0.3) is 0 Å². The minimum absolute atomic E-state index is 1.19. The van der Waals surface area contributed by atoms with Crippen molar-refractivity contribution in [1.82, 2.24) is 4.98 Å². The summed E-state index contributed by atoms with van der Waals surface area (Å²) >= 11 is 0. The fourth-order valence-corrected chi connectivity index (χ4v) is 2.39. The number of aryl methyl sites for hydroxylation is 1. The van der Waals surface area contributed by atoms with Gasteiger partial charge in [-0.3, -0.25) is 4.98 Å². The highest BCUT2D eigenvalue weighted by atomic mass is 14.6. The molecule has 0 fully saturated rings. The number of benzene rings is 2. The first-order valence-corrected chi connectivity index (χ1v) is 6.42. The van der Waals surface area contributed by atoms with Gasteiger partial charge in [0.15, 0.2) is 0 Å². The number of nitrogens with zero attached hydrogens (tertiary/aromatic N) is 1. The fourth-order valence-electron chi connectivity index (χ4n) is 2.39. The predicted octanol–water partition coefficient (Wildman–Crippen LogP) is 4.72. The standard InChI is InChI=1S/C18H15N/c1-14-12-19-13-17(15-8-4-2-5-9-15)18(14)16-10-6-3-7-11-16/h2-13H,1H3. The normalized spacial score (nSPS) is 10.4. The summed E-state index contributed by atoms with van der Waals surface area (Å²) in [5.41, 5.74) is 6.10. The monoisotopic (exact) mass is 245 g/mol. The van der Waals surface area contributed by atoms with E-state index in [4.69, 9.17) is 0 Å². The van der Waals surface area contributed by atoms with Crippen molar-refractivity contribution in [2.24, 2.45) is 0 Å². The van der Waals surface area contributed by atoms with Gasteiger partial charge in [-0.15, -0.1) is 0 Å². The Morgan fingerprint density at radius 3 is 1.89 bits per heavy atom. The van der Waals surface area contributed by atoms with Gasteiger partial charge in [0.2, 0.25) is 0 Å². The van der Waals surface area contributed by atoms with Gasteiger partial charge in [-0.25, -0.2) is 0 Å². The first kappa shape index (κ1) is 11.7. The molecule has 1 heterocycles. The zero-order valence-corrected chi connectivity index (χ0v) is 10.9. The van der Waals surface area contributed by atoms with Crippen LogP contribution < -0.4 is 0 Å². The van der Waals surface area contributed by atoms with Crippen LogP contribution in [0.15, 0.2) is 73.1 Å². The molecule has 3 rings (SSSR count). The first-order valence-electron chi connectivity index (χ1n) is 6.42. The first-order chi connectivity index (χ1) is 9.36. The molecule has 0 bridgehead atoms. The molecule has 0 spiro atoms. The van der Waals surface area contributed by atoms with E-state index < -0.39 is 0 Å². The predicted molar refractivity (Wildman–Crippen MR) is 79.8 cm³/mol. The van der Waals surface area contributed by atoms with Crippen LogP contribution in [0.4, 0.5) is 0 Å². The Kier molecular flexibility index (Phi) is 3.11. The molecule has 19 heavy (non-hydrogen) atoms. The highest BCUT2D eigenvalue weighted by Gasteiger charge is 2.09. The van der Waals surface area contributed by atoms with Crippen LogP contribution in [-0.4, -0.2) is 4.98 Å². The van der Waals surface area contributed by atoms with E-state index in [9.17, 15) is 0 Å². The van der Waals surface area contributed by atoms with E-state index in [0.717, 1.165) is 0 Å². The van der Waals surface area contributed by atoms with Gasteiger partial charge in [-0.05, 0) is 29.2 Å². The molecule has 0 N–H and O–H groups in total. The minimum atomic E-state index is 1.19. The van der Waals surface area contributed by atoms with Gasteiger partial charge in [-0.1, -0.05) is 60.7 Å². The molecule has 0 aliphatic rings. The van der Waals surface area contributed by atoms with Crippen molar-refractivity contribution in [2.75, 3.05) is 0 Å². The third kappa shape index (κ3) is 2.27. The van der Waals surface area contributed by atoms with Crippen LogP contribution in [0.5, 0.6) is 0 Å². The average molecular weight is 245 g/mol. The lowest BCUT2D eigenvalue weighted by molar-refractivity contribution is 1.27. The number of aromatic nitrogens is 1. The minimum Gasteiger partial charge on any atom is -0.264 e. The molecule has 1 heteroatoms.